The fourth-order valence-corrected chi connectivity index (χ4v) is 2.65. The topological polar surface area (TPSA) is 41.5 Å². The minimum Gasteiger partial charge on any atom is -0.386 e. The highest BCUT2D eigenvalue weighted by molar-refractivity contribution is 7.99. The largest absolute Gasteiger partial charge is 0.386 e. The maximum absolute atomic E-state index is 10.0. The Morgan fingerprint density at radius 3 is 2.88 bits per heavy atom. The molecule has 4 heteroatoms. The Morgan fingerprint density at radius 1 is 1.35 bits per heavy atom. The first kappa shape index (κ1) is 12.9. The molecule has 94 valence electrons. The van der Waals surface area contributed by atoms with Gasteiger partial charge >= 0.3 is 0 Å². The van der Waals surface area contributed by atoms with Crippen molar-refractivity contribution in [3.63, 3.8) is 0 Å². The van der Waals surface area contributed by atoms with Gasteiger partial charge in [-0.1, -0.05) is 18.2 Å². The number of aliphatic hydroxyl groups is 1. The third-order valence-corrected chi connectivity index (χ3v) is 3.84. The molecule has 2 rings (SSSR count). The number of thioether (sulfide) groups is 1. The summed E-state index contributed by atoms with van der Waals surface area (Å²) in [4.78, 5) is 1.29. The molecule has 0 amide bonds. The molecule has 0 radical (unpaired) electrons. The molecule has 1 aliphatic heterocycles. The number of ether oxygens (including phenoxy) is 1. The molecule has 2 N–H and O–H groups in total. The number of rotatable bonds is 6. The highest BCUT2D eigenvalue weighted by atomic mass is 32.2. The van der Waals surface area contributed by atoms with Crippen LogP contribution in [0.1, 0.15) is 6.42 Å². The molecule has 3 nitrogen and oxygen atoms in total. The summed E-state index contributed by atoms with van der Waals surface area (Å²) in [5.41, 5.74) is -0.641. The SMILES string of the molecule is OC1(CNCCSc2ccccc2)CCOC1. The van der Waals surface area contributed by atoms with Gasteiger partial charge in [0.2, 0.25) is 0 Å². The molecule has 1 atom stereocenters. The molecule has 1 aliphatic rings. The Balaban J connectivity index is 1.58. The summed E-state index contributed by atoms with van der Waals surface area (Å²) in [7, 11) is 0. The molecule has 0 aliphatic carbocycles. The lowest BCUT2D eigenvalue weighted by molar-refractivity contribution is 0.0276. The Labute approximate surface area is 107 Å². The summed E-state index contributed by atoms with van der Waals surface area (Å²) < 4.78 is 5.19. The molecule has 1 unspecified atom stereocenters. The van der Waals surface area contributed by atoms with E-state index in [1.54, 1.807) is 0 Å². The van der Waals surface area contributed by atoms with Crippen molar-refractivity contribution in [2.24, 2.45) is 0 Å². The zero-order valence-electron chi connectivity index (χ0n) is 9.89. The molecular formula is C13H19NO2S. The van der Waals surface area contributed by atoms with Crippen LogP contribution in [0.15, 0.2) is 35.2 Å². The van der Waals surface area contributed by atoms with E-state index in [4.69, 9.17) is 4.74 Å². The highest BCUT2D eigenvalue weighted by Gasteiger charge is 2.31. The molecule has 0 bridgehead atoms. The lowest BCUT2D eigenvalue weighted by atomic mass is 10.0. The highest BCUT2D eigenvalue weighted by Crippen LogP contribution is 2.18. The van der Waals surface area contributed by atoms with Gasteiger partial charge in [-0.3, -0.25) is 0 Å². The third-order valence-electron chi connectivity index (χ3n) is 2.83. The van der Waals surface area contributed by atoms with Gasteiger partial charge in [0.25, 0.3) is 0 Å². The van der Waals surface area contributed by atoms with E-state index in [2.05, 4.69) is 17.4 Å². The second kappa shape index (κ2) is 6.40. The zero-order valence-corrected chi connectivity index (χ0v) is 10.7. The molecule has 1 aromatic rings. The quantitative estimate of drug-likeness (QED) is 0.596. The van der Waals surface area contributed by atoms with Crippen LogP contribution in [0.3, 0.4) is 0 Å². The fourth-order valence-electron chi connectivity index (χ4n) is 1.81. The van der Waals surface area contributed by atoms with Gasteiger partial charge in [-0.05, 0) is 12.1 Å². The van der Waals surface area contributed by atoms with Crippen LogP contribution < -0.4 is 5.32 Å². The second-order valence-corrected chi connectivity index (χ2v) is 5.53. The van der Waals surface area contributed by atoms with E-state index < -0.39 is 5.60 Å². The van der Waals surface area contributed by atoms with E-state index in [1.807, 2.05) is 30.0 Å². The molecule has 1 heterocycles. The Morgan fingerprint density at radius 2 is 2.18 bits per heavy atom. The van der Waals surface area contributed by atoms with Gasteiger partial charge in [0.05, 0.1) is 6.61 Å². The first-order chi connectivity index (χ1) is 8.29. The van der Waals surface area contributed by atoms with Crippen molar-refractivity contribution in [2.75, 3.05) is 32.1 Å². The van der Waals surface area contributed by atoms with Crippen molar-refractivity contribution >= 4 is 11.8 Å². The zero-order chi connectivity index (χ0) is 12.0. The lowest BCUT2D eigenvalue weighted by Crippen LogP contribution is -2.41. The van der Waals surface area contributed by atoms with Crippen LogP contribution in [-0.4, -0.2) is 42.8 Å². The maximum atomic E-state index is 10.0. The summed E-state index contributed by atoms with van der Waals surface area (Å²) in [5, 5.41) is 13.3. The van der Waals surface area contributed by atoms with E-state index in [-0.39, 0.29) is 0 Å². The van der Waals surface area contributed by atoms with Crippen molar-refractivity contribution in [1.29, 1.82) is 0 Å². The van der Waals surface area contributed by atoms with Crippen LogP contribution in [-0.2, 0) is 4.74 Å². The van der Waals surface area contributed by atoms with Crippen LogP contribution in [0, 0.1) is 0 Å². The van der Waals surface area contributed by atoms with Crippen LogP contribution in [0.2, 0.25) is 0 Å². The second-order valence-electron chi connectivity index (χ2n) is 4.37. The van der Waals surface area contributed by atoms with E-state index in [9.17, 15) is 5.11 Å². The molecule has 0 saturated carbocycles. The third kappa shape index (κ3) is 4.32. The summed E-state index contributed by atoms with van der Waals surface area (Å²) in [6.45, 7) is 2.67. The number of hydrogen-bond acceptors (Lipinski definition) is 4. The van der Waals surface area contributed by atoms with Crippen LogP contribution in [0.4, 0.5) is 0 Å². The van der Waals surface area contributed by atoms with Gasteiger partial charge in [0.1, 0.15) is 5.60 Å². The van der Waals surface area contributed by atoms with Crippen LogP contribution in [0.5, 0.6) is 0 Å². The van der Waals surface area contributed by atoms with Gasteiger partial charge in [-0.15, -0.1) is 11.8 Å². The van der Waals surface area contributed by atoms with E-state index in [1.165, 1.54) is 4.90 Å². The summed E-state index contributed by atoms with van der Waals surface area (Å²) >= 11 is 1.83. The monoisotopic (exact) mass is 253 g/mol. The molecular weight excluding hydrogens is 234 g/mol. The lowest BCUT2D eigenvalue weighted by Gasteiger charge is -2.20. The van der Waals surface area contributed by atoms with Gasteiger partial charge < -0.3 is 15.2 Å². The Hall–Kier alpha value is -0.550. The normalized spacial score (nSPS) is 24.1. The minimum atomic E-state index is -0.641. The van der Waals surface area contributed by atoms with Crippen LogP contribution >= 0.6 is 11.8 Å². The average Bonchev–Trinajstić information content (AvgIpc) is 2.77. The molecule has 1 fully saturated rings. The van der Waals surface area contributed by atoms with Crippen molar-refractivity contribution in [1.82, 2.24) is 5.32 Å². The number of hydrogen-bond donors (Lipinski definition) is 2. The van der Waals surface area contributed by atoms with Crippen molar-refractivity contribution in [3.8, 4) is 0 Å². The first-order valence-corrected chi connectivity index (χ1v) is 6.96. The summed E-state index contributed by atoms with van der Waals surface area (Å²) in [6.07, 6.45) is 0.742. The smallest absolute Gasteiger partial charge is 0.102 e. The van der Waals surface area contributed by atoms with Gasteiger partial charge in [0.15, 0.2) is 0 Å². The molecule has 0 aromatic heterocycles. The van der Waals surface area contributed by atoms with Gasteiger partial charge in [-0.2, -0.15) is 0 Å². The standard InChI is InChI=1S/C13H19NO2S/c15-13(6-8-16-11-13)10-14-7-9-17-12-4-2-1-3-5-12/h1-5,14-15H,6-11H2. The van der Waals surface area contributed by atoms with E-state index in [0.717, 1.165) is 18.7 Å². The maximum Gasteiger partial charge on any atom is 0.102 e. The van der Waals surface area contributed by atoms with Gasteiger partial charge in [-0.25, -0.2) is 0 Å². The fraction of sp³-hybridized carbons (Fsp3) is 0.538. The minimum absolute atomic E-state index is 0.464. The summed E-state index contributed by atoms with van der Waals surface area (Å²) in [5.74, 6) is 1.01. The van der Waals surface area contributed by atoms with Gasteiger partial charge in [0, 0.05) is 36.8 Å². The predicted molar refractivity (Wildman–Crippen MR) is 70.4 cm³/mol. The Bertz CT molecular complexity index is 325. The van der Waals surface area contributed by atoms with Crippen molar-refractivity contribution < 1.29 is 9.84 Å². The molecule has 0 spiro atoms. The number of nitrogens with one attached hydrogen (secondary N) is 1. The first-order valence-electron chi connectivity index (χ1n) is 5.97. The Kier molecular flexibility index (Phi) is 4.86. The van der Waals surface area contributed by atoms with E-state index in [0.29, 0.717) is 19.8 Å². The predicted octanol–water partition coefficient (Wildman–Crippen LogP) is 1.52. The van der Waals surface area contributed by atoms with Crippen molar-refractivity contribution in [3.05, 3.63) is 30.3 Å². The molecule has 1 aromatic carbocycles. The molecule has 17 heavy (non-hydrogen) atoms. The van der Waals surface area contributed by atoms with Crippen LogP contribution in [0.25, 0.3) is 0 Å². The molecule has 1 saturated heterocycles. The number of benzene rings is 1. The summed E-state index contributed by atoms with van der Waals surface area (Å²) in [6, 6.07) is 10.4. The van der Waals surface area contributed by atoms with Crippen molar-refractivity contribution in [2.45, 2.75) is 16.9 Å². The average molecular weight is 253 g/mol. The van der Waals surface area contributed by atoms with E-state index >= 15 is 0 Å².